The van der Waals surface area contributed by atoms with Crippen molar-refractivity contribution in [3.63, 3.8) is 0 Å². The number of aryl methyl sites for hydroxylation is 1. The molecule has 33 heavy (non-hydrogen) atoms. The van der Waals surface area contributed by atoms with Crippen molar-refractivity contribution in [2.75, 3.05) is 0 Å². The van der Waals surface area contributed by atoms with Crippen molar-refractivity contribution >= 4 is 11.0 Å². The topological polar surface area (TPSA) is 99.2 Å². The van der Waals surface area contributed by atoms with Crippen LogP contribution < -0.4 is 15.2 Å². The van der Waals surface area contributed by atoms with E-state index < -0.39 is 12.3 Å². The molecule has 7 nitrogen and oxygen atoms in total. The molecule has 5 rings (SSSR count). The molecule has 1 aliphatic heterocycles. The van der Waals surface area contributed by atoms with Crippen molar-refractivity contribution in [3.05, 3.63) is 77.2 Å². The van der Waals surface area contributed by atoms with Gasteiger partial charge in [-0.15, -0.1) is 13.2 Å². The first kappa shape index (κ1) is 20.5. The third-order valence-electron chi connectivity index (χ3n) is 5.31. The molecule has 2 aromatic heterocycles. The molecule has 1 unspecified atom stereocenters. The number of aromatic nitrogens is 2. The molecule has 0 aliphatic carbocycles. The van der Waals surface area contributed by atoms with Gasteiger partial charge in [-0.25, -0.2) is 4.68 Å². The third kappa shape index (κ3) is 3.53. The number of ether oxygens (including phenoxy) is 2. The minimum atomic E-state index is -4.81. The van der Waals surface area contributed by atoms with E-state index in [4.69, 9.17) is 14.9 Å². The molecule has 2 aromatic carbocycles. The summed E-state index contributed by atoms with van der Waals surface area (Å²) >= 11 is 0. The number of para-hydroxylation sites is 1. The maximum atomic E-state index is 12.6. The smallest absolute Gasteiger partial charge is 0.454 e. The van der Waals surface area contributed by atoms with E-state index in [1.807, 2.05) is 30.3 Å². The maximum absolute atomic E-state index is 12.6. The number of furan rings is 1. The number of hydrogen-bond donors (Lipinski definition) is 1. The fraction of sp³-hybridized carbons (Fsp3) is 0.130. The first-order valence-corrected chi connectivity index (χ1v) is 9.74. The van der Waals surface area contributed by atoms with Crippen LogP contribution >= 0.6 is 0 Å². The predicted octanol–water partition coefficient (Wildman–Crippen LogP) is 4.95. The summed E-state index contributed by atoms with van der Waals surface area (Å²) in [4.78, 5) is 0. The van der Waals surface area contributed by atoms with E-state index in [1.54, 1.807) is 7.05 Å². The summed E-state index contributed by atoms with van der Waals surface area (Å²) < 4.78 is 54.8. The Balaban J connectivity index is 1.67. The van der Waals surface area contributed by atoms with Crippen LogP contribution in [0.3, 0.4) is 0 Å². The number of benzene rings is 2. The standard InChI is InChI=1S/C23H15F3N4O3/c1-30-22-19(20(29-30)17-10-13-4-2-3-5-16(13)31-17)18(15(11-27)21(28)32-22)12-6-8-14(9-7-12)33-23(24,25)26/h2-10,18H,28H2,1H3. The van der Waals surface area contributed by atoms with E-state index in [0.29, 0.717) is 34.0 Å². The van der Waals surface area contributed by atoms with Crippen LogP contribution in [-0.2, 0) is 7.05 Å². The van der Waals surface area contributed by atoms with Gasteiger partial charge in [0, 0.05) is 12.4 Å². The van der Waals surface area contributed by atoms with Gasteiger partial charge in [-0.1, -0.05) is 30.3 Å². The van der Waals surface area contributed by atoms with Crippen molar-refractivity contribution in [1.29, 1.82) is 5.26 Å². The van der Waals surface area contributed by atoms with Crippen LogP contribution in [-0.4, -0.2) is 16.1 Å². The average molecular weight is 452 g/mol. The molecule has 166 valence electrons. The average Bonchev–Trinajstić information content (AvgIpc) is 3.33. The van der Waals surface area contributed by atoms with Crippen molar-refractivity contribution in [2.45, 2.75) is 12.3 Å². The lowest BCUT2D eigenvalue weighted by Crippen LogP contribution is -2.22. The normalized spacial score (nSPS) is 15.8. The highest BCUT2D eigenvalue weighted by Crippen LogP contribution is 2.47. The lowest BCUT2D eigenvalue weighted by Gasteiger charge is -2.24. The van der Waals surface area contributed by atoms with Crippen LogP contribution in [0.25, 0.3) is 22.4 Å². The zero-order chi connectivity index (χ0) is 23.3. The summed E-state index contributed by atoms with van der Waals surface area (Å²) in [5.41, 5.74) is 8.25. The molecule has 2 N–H and O–H groups in total. The van der Waals surface area contributed by atoms with Crippen LogP contribution in [0.5, 0.6) is 11.6 Å². The number of alkyl halides is 3. The highest BCUT2D eigenvalue weighted by atomic mass is 19.4. The monoisotopic (exact) mass is 452 g/mol. The van der Waals surface area contributed by atoms with Crippen LogP contribution in [0.2, 0.25) is 0 Å². The molecule has 0 spiro atoms. The fourth-order valence-corrected chi connectivity index (χ4v) is 3.95. The summed E-state index contributed by atoms with van der Waals surface area (Å²) in [6, 6.07) is 16.6. The summed E-state index contributed by atoms with van der Waals surface area (Å²) in [5.74, 6) is -0.461. The van der Waals surface area contributed by atoms with Gasteiger partial charge in [0.2, 0.25) is 11.8 Å². The van der Waals surface area contributed by atoms with E-state index >= 15 is 0 Å². The van der Waals surface area contributed by atoms with E-state index in [9.17, 15) is 18.4 Å². The number of allylic oxidation sites excluding steroid dienone is 1. The second kappa shape index (κ2) is 7.34. The Morgan fingerprint density at radius 3 is 2.55 bits per heavy atom. The van der Waals surface area contributed by atoms with Crippen molar-refractivity contribution in [3.8, 4) is 29.2 Å². The second-order valence-corrected chi connectivity index (χ2v) is 7.38. The van der Waals surface area contributed by atoms with Crippen LogP contribution in [0.1, 0.15) is 17.0 Å². The molecule has 0 saturated carbocycles. The number of fused-ring (bicyclic) bond motifs is 2. The van der Waals surface area contributed by atoms with Crippen LogP contribution in [0.15, 0.2) is 70.5 Å². The Morgan fingerprint density at radius 1 is 1.15 bits per heavy atom. The number of hydrogen-bond acceptors (Lipinski definition) is 6. The van der Waals surface area contributed by atoms with Gasteiger partial charge in [-0.2, -0.15) is 10.4 Å². The largest absolute Gasteiger partial charge is 0.573 e. The zero-order valence-electron chi connectivity index (χ0n) is 17.1. The second-order valence-electron chi connectivity index (χ2n) is 7.38. The van der Waals surface area contributed by atoms with E-state index in [-0.39, 0.29) is 17.2 Å². The summed E-state index contributed by atoms with van der Waals surface area (Å²) in [6.45, 7) is 0. The minimum Gasteiger partial charge on any atom is -0.454 e. The number of halogens is 3. The van der Waals surface area contributed by atoms with Crippen molar-refractivity contribution in [2.24, 2.45) is 12.8 Å². The Bertz CT molecular complexity index is 1410. The van der Waals surface area contributed by atoms with Gasteiger partial charge in [0.25, 0.3) is 0 Å². The van der Waals surface area contributed by atoms with Gasteiger partial charge in [-0.05, 0) is 29.8 Å². The summed E-state index contributed by atoms with van der Waals surface area (Å²) in [5, 5.41) is 15.2. The zero-order valence-corrected chi connectivity index (χ0v) is 17.1. The molecule has 0 saturated heterocycles. The fourth-order valence-electron chi connectivity index (χ4n) is 3.95. The van der Waals surface area contributed by atoms with Gasteiger partial charge >= 0.3 is 6.36 Å². The molecule has 0 bridgehead atoms. The molecular weight excluding hydrogens is 437 g/mol. The first-order chi connectivity index (χ1) is 15.7. The molecule has 0 radical (unpaired) electrons. The Hall–Kier alpha value is -4.39. The Labute approximate surface area is 185 Å². The molecule has 1 atom stereocenters. The van der Waals surface area contributed by atoms with Gasteiger partial charge in [0.1, 0.15) is 28.7 Å². The van der Waals surface area contributed by atoms with Gasteiger partial charge in [0.15, 0.2) is 5.76 Å². The van der Waals surface area contributed by atoms with Gasteiger partial charge < -0.3 is 19.6 Å². The van der Waals surface area contributed by atoms with Gasteiger partial charge in [0.05, 0.1) is 11.5 Å². The van der Waals surface area contributed by atoms with Crippen molar-refractivity contribution in [1.82, 2.24) is 9.78 Å². The molecule has 0 amide bonds. The molecule has 1 aliphatic rings. The summed E-state index contributed by atoms with van der Waals surface area (Å²) in [6.07, 6.45) is -4.81. The SMILES string of the molecule is Cn1nc(-c2cc3ccccc3o2)c2c1OC(N)=C(C#N)C2c1ccc(OC(F)(F)F)cc1. The molecule has 10 heteroatoms. The highest BCUT2D eigenvalue weighted by Gasteiger charge is 2.38. The third-order valence-corrected chi connectivity index (χ3v) is 5.31. The molecular formula is C23H15F3N4O3. The van der Waals surface area contributed by atoms with Crippen LogP contribution in [0.4, 0.5) is 13.2 Å². The molecule has 3 heterocycles. The van der Waals surface area contributed by atoms with Crippen LogP contribution in [0, 0.1) is 11.3 Å². The summed E-state index contributed by atoms with van der Waals surface area (Å²) in [7, 11) is 1.66. The Morgan fingerprint density at radius 2 is 1.88 bits per heavy atom. The lowest BCUT2D eigenvalue weighted by molar-refractivity contribution is -0.274. The number of rotatable bonds is 3. The maximum Gasteiger partial charge on any atom is 0.573 e. The minimum absolute atomic E-state index is 0.107. The number of nitrogens with two attached hydrogens (primary N) is 1. The van der Waals surface area contributed by atoms with Gasteiger partial charge in [-0.3, -0.25) is 0 Å². The lowest BCUT2D eigenvalue weighted by atomic mass is 9.83. The first-order valence-electron chi connectivity index (χ1n) is 9.74. The number of nitriles is 1. The quantitative estimate of drug-likeness (QED) is 0.472. The predicted molar refractivity (Wildman–Crippen MR) is 111 cm³/mol. The van der Waals surface area contributed by atoms with E-state index in [1.165, 1.54) is 28.9 Å². The van der Waals surface area contributed by atoms with E-state index in [0.717, 1.165) is 5.39 Å². The van der Waals surface area contributed by atoms with E-state index in [2.05, 4.69) is 15.9 Å². The molecule has 0 fully saturated rings. The highest BCUT2D eigenvalue weighted by molar-refractivity contribution is 5.83. The Kier molecular flexibility index (Phi) is 4.56. The van der Waals surface area contributed by atoms with Crippen molar-refractivity contribution < 1.29 is 27.1 Å². The number of nitrogens with zero attached hydrogens (tertiary/aromatic N) is 3. The molecule has 4 aromatic rings.